The molecule has 0 aromatic heterocycles. The van der Waals surface area contributed by atoms with Gasteiger partial charge in [-0.15, -0.1) is 5.73 Å². The summed E-state index contributed by atoms with van der Waals surface area (Å²) < 4.78 is 0. The van der Waals surface area contributed by atoms with Gasteiger partial charge < -0.3 is 4.90 Å². The normalized spacial score (nSPS) is 10.9. The van der Waals surface area contributed by atoms with E-state index in [-0.39, 0.29) is 0 Å². The number of hydrogen-bond donors (Lipinski definition) is 0. The van der Waals surface area contributed by atoms with E-state index in [9.17, 15) is 0 Å². The van der Waals surface area contributed by atoms with Crippen LogP contribution in [0.5, 0.6) is 0 Å². The third-order valence-electron chi connectivity index (χ3n) is 2.80. The summed E-state index contributed by atoms with van der Waals surface area (Å²) in [5.74, 6) is 0. The summed E-state index contributed by atoms with van der Waals surface area (Å²) in [5, 5.41) is 0. The molecule has 0 aliphatic rings. The van der Waals surface area contributed by atoms with Crippen LogP contribution in [0.15, 0.2) is 53.9 Å². The summed E-state index contributed by atoms with van der Waals surface area (Å²) in [6, 6.07) is 10.3. The van der Waals surface area contributed by atoms with E-state index in [1.54, 1.807) is 0 Å². The van der Waals surface area contributed by atoms with Crippen molar-refractivity contribution in [3.8, 4) is 0 Å². The van der Waals surface area contributed by atoms with Crippen molar-refractivity contribution >= 4 is 6.08 Å². The van der Waals surface area contributed by atoms with Crippen LogP contribution >= 0.6 is 0 Å². The lowest BCUT2D eigenvalue weighted by Gasteiger charge is -2.23. The van der Waals surface area contributed by atoms with Gasteiger partial charge >= 0.3 is 0 Å². The molecule has 0 saturated carbocycles. The highest BCUT2D eigenvalue weighted by Gasteiger charge is 2.06. The Morgan fingerprint density at radius 2 is 1.82 bits per heavy atom. The molecule has 0 aliphatic carbocycles. The molecule has 0 fully saturated rings. The number of allylic oxidation sites excluding steroid dienone is 1. The van der Waals surface area contributed by atoms with Crippen LogP contribution < -0.4 is 0 Å². The van der Waals surface area contributed by atoms with E-state index < -0.39 is 0 Å². The van der Waals surface area contributed by atoms with E-state index in [1.807, 2.05) is 18.2 Å². The molecule has 0 spiro atoms. The number of hydrogen-bond acceptors (Lipinski definition) is 1. The quantitative estimate of drug-likeness (QED) is 0.540. The van der Waals surface area contributed by atoms with Gasteiger partial charge in [0.1, 0.15) is 0 Å². The Balaban J connectivity index is 2.99. The first-order valence-corrected chi connectivity index (χ1v) is 6.11. The fourth-order valence-corrected chi connectivity index (χ4v) is 1.91. The molecule has 0 bridgehead atoms. The summed E-state index contributed by atoms with van der Waals surface area (Å²) in [4.78, 5) is 2.27. The van der Waals surface area contributed by atoms with Crippen molar-refractivity contribution in [3.63, 3.8) is 0 Å². The Bertz CT molecular complexity index is 418. The molecule has 0 unspecified atom stereocenters. The van der Waals surface area contributed by atoms with Crippen molar-refractivity contribution in [2.45, 2.75) is 20.8 Å². The maximum Gasteiger partial charge on any atom is 0.0823 e. The first kappa shape index (κ1) is 13.3. The van der Waals surface area contributed by atoms with Crippen LogP contribution in [0.1, 0.15) is 26.3 Å². The molecule has 0 aliphatic heterocycles. The number of rotatable bonds is 5. The zero-order valence-corrected chi connectivity index (χ0v) is 11.0. The SMILES string of the molecule is C=C=C(/C(C)=C/c1ccccc1)N(CC)CC. The van der Waals surface area contributed by atoms with Gasteiger partial charge in [-0.25, -0.2) is 0 Å². The topological polar surface area (TPSA) is 3.24 Å². The van der Waals surface area contributed by atoms with Gasteiger partial charge in [0.15, 0.2) is 0 Å². The van der Waals surface area contributed by atoms with Crippen molar-refractivity contribution in [2.24, 2.45) is 0 Å². The van der Waals surface area contributed by atoms with Crippen molar-refractivity contribution < 1.29 is 0 Å². The van der Waals surface area contributed by atoms with E-state index in [0.29, 0.717) is 0 Å². The van der Waals surface area contributed by atoms with Gasteiger partial charge in [0, 0.05) is 13.1 Å². The van der Waals surface area contributed by atoms with Gasteiger partial charge in [0.25, 0.3) is 0 Å². The minimum absolute atomic E-state index is 0.980. The fraction of sp³-hybridized carbons (Fsp3) is 0.312. The van der Waals surface area contributed by atoms with Crippen molar-refractivity contribution in [1.29, 1.82) is 0 Å². The van der Waals surface area contributed by atoms with Gasteiger partial charge in [0.2, 0.25) is 0 Å². The van der Waals surface area contributed by atoms with Crippen LogP contribution in [-0.2, 0) is 0 Å². The van der Waals surface area contributed by atoms with E-state index >= 15 is 0 Å². The van der Waals surface area contributed by atoms with Crippen LogP contribution in [0.25, 0.3) is 6.08 Å². The Hall–Kier alpha value is -1.72. The first-order chi connectivity index (χ1) is 8.22. The molecule has 0 heterocycles. The molecule has 1 aromatic carbocycles. The predicted molar refractivity (Wildman–Crippen MR) is 75.7 cm³/mol. The number of nitrogens with zero attached hydrogens (tertiary/aromatic N) is 1. The Morgan fingerprint density at radius 1 is 1.24 bits per heavy atom. The molecule has 0 amide bonds. The molecule has 1 nitrogen and oxygen atoms in total. The molecule has 90 valence electrons. The molecular weight excluding hydrogens is 206 g/mol. The maximum atomic E-state index is 3.80. The number of benzene rings is 1. The summed E-state index contributed by atoms with van der Waals surface area (Å²) in [5.41, 5.74) is 6.56. The molecule has 1 heteroatoms. The summed E-state index contributed by atoms with van der Waals surface area (Å²) >= 11 is 0. The van der Waals surface area contributed by atoms with Crippen molar-refractivity contribution in [3.05, 3.63) is 59.5 Å². The lowest BCUT2D eigenvalue weighted by molar-refractivity contribution is 0.391. The summed E-state index contributed by atoms with van der Waals surface area (Å²) in [6.07, 6.45) is 2.17. The van der Waals surface area contributed by atoms with E-state index in [4.69, 9.17) is 0 Å². The highest BCUT2D eigenvalue weighted by atomic mass is 15.1. The Kier molecular flexibility index (Phi) is 5.32. The van der Waals surface area contributed by atoms with Gasteiger partial charge in [-0.2, -0.15) is 0 Å². The third kappa shape index (κ3) is 3.65. The molecule has 0 saturated heterocycles. The Labute approximate surface area is 105 Å². The molecule has 1 rings (SSSR count). The smallest absolute Gasteiger partial charge is 0.0823 e. The van der Waals surface area contributed by atoms with Gasteiger partial charge in [-0.05, 0) is 38.0 Å². The lowest BCUT2D eigenvalue weighted by atomic mass is 10.1. The predicted octanol–water partition coefficient (Wildman–Crippen LogP) is 4.10. The first-order valence-electron chi connectivity index (χ1n) is 6.11. The largest absolute Gasteiger partial charge is 0.366 e. The van der Waals surface area contributed by atoms with Crippen LogP contribution in [0.4, 0.5) is 0 Å². The van der Waals surface area contributed by atoms with E-state index in [0.717, 1.165) is 18.8 Å². The monoisotopic (exact) mass is 227 g/mol. The van der Waals surface area contributed by atoms with Crippen molar-refractivity contribution in [2.75, 3.05) is 13.1 Å². The standard InChI is InChI=1S/C16H21N/c1-5-16(17(6-2)7-3)14(4)13-15-11-9-8-10-12-15/h8-13H,1,6-7H2,2-4H3/b14-13+. The average Bonchev–Trinajstić information content (AvgIpc) is 2.36. The van der Waals surface area contributed by atoms with Gasteiger partial charge in [-0.1, -0.05) is 36.9 Å². The van der Waals surface area contributed by atoms with Crippen LogP contribution in [0, 0.1) is 0 Å². The molecule has 0 atom stereocenters. The van der Waals surface area contributed by atoms with Gasteiger partial charge in [-0.3, -0.25) is 0 Å². The zero-order valence-electron chi connectivity index (χ0n) is 11.0. The van der Waals surface area contributed by atoms with Crippen LogP contribution in [0.2, 0.25) is 0 Å². The van der Waals surface area contributed by atoms with Crippen LogP contribution in [0.3, 0.4) is 0 Å². The van der Waals surface area contributed by atoms with E-state index in [1.165, 1.54) is 11.1 Å². The maximum absolute atomic E-state index is 3.80. The highest BCUT2D eigenvalue weighted by molar-refractivity contribution is 5.57. The van der Waals surface area contributed by atoms with Gasteiger partial charge in [0.05, 0.1) is 5.70 Å². The van der Waals surface area contributed by atoms with E-state index in [2.05, 4.69) is 56.2 Å². The minimum atomic E-state index is 0.980. The second kappa shape index (κ2) is 6.78. The molecule has 17 heavy (non-hydrogen) atoms. The lowest BCUT2D eigenvalue weighted by Crippen LogP contribution is -2.22. The molecule has 0 N–H and O–H groups in total. The average molecular weight is 227 g/mol. The molecule has 0 radical (unpaired) electrons. The molecular formula is C16H21N. The minimum Gasteiger partial charge on any atom is -0.366 e. The Morgan fingerprint density at radius 3 is 2.29 bits per heavy atom. The second-order valence-electron chi connectivity index (χ2n) is 3.94. The van der Waals surface area contributed by atoms with Crippen LogP contribution in [-0.4, -0.2) is 18.0 Å². The van der Waals surface area contributed by atoms with Crippen molar-refractivity contribution in [1.82, 2.24) is 4.90 Å². The summed E-state index contributed by atoms with van der Waals surface area (Å²) in [7, 11) is 0. The zero-order chi connectivity index (χ0) is 12.7. The fourth-order valence-electron chi connectivity index (χ4n) is 1.91. The number of likely N-dealkylation sites (N-methyl/N-ethyl adjacent to an activating group) is 1. The third-order valence-corrected chi connectivity index (χ3v) is 2.80. The summed E-state index contributed by atoms with van der Waals surface area (Å²) in [6.45, 7) is 12.2. The highest BCUT2D eigenvalue weighted by Crippen LogP contribution is 2.16. The second-order valence-corrected chi connectivity index (χ2v) is 3.94. The molecule has 1 aromatic rings.